The van der Waals surface area contributed by atoms with E-state index in [1.807, 2.05) is 18.3 Å². The monoisotopic (exact) mass is 189 g/mol. The Morgan fingerprint density at radius 1 is 1.36 bits per heavy atom. The van der Waals surface area contributed by atoms with Crippen LogP contribution in [-0.4, -0.2) is 10.1 Å². The first-order valence-corrected chi connectivity index (χ1v) is 4.44. The smallest absolute Gasteiger partial charge is 0.222 e. The summed E-state index contributed by atoms with van der Waals surface area (Å²) in [4.78, 5) is 4.03. The van der Waals surface area contributed by atoms with Crippen molar-refractivity contribution in [1.29, 1.82) is 0 Å². The van der Waals surface area contributed by atoms with Crippen LogP contribution in [0.15, 0.2) is 35.1 Å². The van der Waals surface area contributed by atoms with E-state index in [1.165, 1.54) is 5.56 Å². The Morgan fingerprint density at radius 2 is 2.29 bits per heavy atom. The van der Waals surface area contributed by atoms with Gasteiger partial charge in [-0.3, -0.25) is 4.98 Å². The molecule has 14 heavy (non-hydrogen) atoms. The van der Waals surface area contributed by atoms with Crippen molar-refractivity contribution in [3.8, 4) is 0 Å². The van der Waals surface area contributed by atoms with Crippen molar-refractivity contribution < 1.29 is 4.52 Å². The van der Waals surface area contributed by atoms with Crippen LogP contribution in [0, 0.1) is 0 Å². The van der Waals surface area contributed by atoms with Crippen LogP contribution in [0.5, 0.6) is 0 Å². The number of hydrogen-bond acceptors (Lipinski definition) is 4. The highest BCUT2D eigenvalue weighted by atomic mass is 16.5. The summed E-state index contributed by atoms with van der Waals surface area (Å²) in [5.74, 6) is 0.367. The minimum absolute atomic E-state index is 0.367. The van der Waals surface area contributed by atoms with Crippen molar-refractivity contribution in [2.75, 3.05) is 5.73 Å². The van der Waals surface area contributed by atoms with E-state index in [1.54, 1.807) is 12.3 Å². The Kier molecular flexibility index (Phi) is 2.44. The molecule has 0 fully saturated rings. The number of nitrogens with two attached hydrogens (primary N) is 1. The van der Waals surface area contributed by atoms with Gasteiger partial charge < -0.3 is 10.3 Å². The van der Waals surface area contributed by atoms with Crippen molar-refractivity contribution in [3.63, 3.8) is 0 Å². The molecule has 0 atom stereocenters. The third-order valence-electron chi connectivity index (χ3n) is 1.97. The highest BCUT2D eigenvalue weighted by Gasteiger charge is 2.00. The van der Waals surface area contributed by atoms with Crippen LogP contribution in [0.25, 0.3) is 0 Å². The molecule has 0 saturated carbocycles. The van der Waals surface area contributed by atoms with E-state index in [0.29, 0.717) is 5.88 Å². The fraction of sp³-hybridized carbons (Fsp3) is 0.200. The Balaban J connectivity index is 1.95. The Morgan fingerprint density at radius 3 is 2.93 bits per heavy atom. The van der Waals surface area contributed by atoms with Gasteiger partial charge in [0.25, 0.3) is 0 Å². The van der Waals surface area contributed by atoms with Crippen molar-refractivity contribution >= 4 is 5.88 Å². The molecule has 72 valence electrons. The van der Waals surface area contributed by atoms with E-state index in [-0.39, 0.29) is 0 Å². The van der Waals surface area contributed by atoms with Crippen LogP contribution in [-0.2, 0) is 12.8 Å². The molecular weight excluding hydrogens is 178 g/mol. The van der Waals surface area contributed by atoms with E-state index < -0.39 is 0 Å². The summed E-state index contributed by atoms with van der Waals surface area (Å²) >= 11 is 0. The Hall–Kier alpha value is -1.84. The molecule has 2 rings (SSSR count). The molecule has 4 heteroatoms. The lowest BCUT2D eigenvalue weighted by Gasteiger charge is -1.96. The second kappa shape index (κ2) is 3.91. The maximum Gasteiger partial charge on any atom is 0.222 e. The molecule has 0 amide bonds. The summed E-state index contributed by atoms with van der Waals surface area (Å²) in [6.07, 6.45) is 5.34. The van der Waals surface area contributed by atoms with Gasteiger partial charge in [-0.15, -0.1) is 0 Å². The summed E-state index contributed by atoms with van der Waals surface area (Å²) in [6.45, 7) is 0. The Bertz CT molecular complexity index is 397. The highest BCUT2D eigenvalue weighted by Crippen LogP contribution is 2.08. The van der Waals surface area contributed by atoms with Gasteiger partial charge in [-0.1, -0.05) is 11.2 Å². The van der Waals surface area contributed by atoms with Crippen LogP contribution in [0.4, 0.5) is 5.88 Å². The summed E-state index contributed by atoms with van der Waals surface area (Å²) in [7, 11) is 0. The lowest BCUT2D eigenvalue weighted by molar-refractivity contribution is 0.427. The standard InChI is InChI=1S/C10H11N3O/c11-10-6-9(13-14-10)4-3-8-2-1-5-12-7-8/h1-2,5-7H,3-4,11H2. The summed E-state index contributed by atoms with van der Waals surface area (Å²) < 4.78 is 4.77. The SMILES string of the molecule is Nc1cc(CCc2cccnc2)no1. The average molecular weight is 189 g/mol. The van der Waals surface area contributed by atoms with Crippen LogP contribution in [0.1, 0.15) is 11.3 Å². The summed E-state index contributed by atoms with van der Waals surface area (Å²) in [6, 6.07) is 5.71. The first-order chi connectivity index (χ1) is 6.84. The second-order valence-corrected chi connectivity index (χ2v) is 3.08. The van der Waals surface area contributed by atoms with E-state index in [4.69, 9.17) is 10.3 Å². The maximum atomic E-state index is 5.41. The fourth-order valence-corrected chi connectivity index (χ4v) is 1.26. The van der Waals surface area contributed by atoms with Crippen molar-refractivity contribution in [3.05, 3.63) is 41.9 Å². The molecule has 0 aliphatic rings. The molecule has 0 aliphatic carbocycles. The molecular formula is C10H11N3O. The van der Waals surface area contributed by atoms with E-state index in [2.05, 4.69) is 10.1 Å². The molecule has 0 unspecified atom stereocenters. The molecule has 0 radical (unpaired) electrons. The molecule has 0 aromatic carbocycles. The second-order valence-electron chi connectivity index (χ2n) is 3.08. The zero-order chi connectivity index (χ0) is 9.80. The number of nitrogen functional groups attached to an aromatic ring is 1. The minimum atomic E-state index is 0.367. The molecule has 2 N–H and O–H groups in total. The third-order valence-corrected chi connectivity index (χ3v) is 1.97. The van der Waals surface area contributed by atoms with Crippen LogP contribution in [0.2, 0.25) is 0 Å². The van der Waals surface area contributed by atoms with Crippen molar-refractivity contribution in [2.45, 2.75) is 12.8 Å². The van der Waals surface area contributed by atoms with Gasteiger partial charge in [0.1, 0.15) is 0 Å². The van der Waals surface area contributed by atoms with Crippen molar-refractivity contribution in [2.24, 2.45) is 0 Å². The van der Waals surface area contributed by atoms with Crippen LogP contribution < -0.4 is 5.73 Å². The largest absolute Gasteiger partial charge is 0.368 e. The number of aromatic nitrogens is 2. The third kappa shape index (κ3) is 2.10. The summed E-state index contributed by atoms with van der Waals surface area (Å²) in [5.41, 5.74) is 7.48. The van der Waals surface area contributed by atoms with Gasteiger partial charge in [0.2, 0.25) is 5.88 Å². The zero-order valence-electron chi connectivity index (χ0n) is 7.68. The average Bonchev–Trinajstić information content (AvgIpc) is 2.63. The number of rotatable bonds is 3. The molecule has 2 aromatic heterocycles. The lowest BCUT2D eigenvalue weighted by atomic mass is 10.1. The van der Waals surface area contributed by atoms with E-state index in [0.717, 1.165) is 18.5 Å². The molecule has 0 spiro atoms. The molecule has 2 heterocycles. The first-order valence-electron chi connectivity index (χ1n) is 4.44. The normalized spacial score (nSPS) is 10.3. The van der Waals surface area contributed by atoms with Gasteiger partial charge >= 0.3 is 0 Å². The zero-order valence-corrected chi connectivity index (χ0v) is 7.68. The number of anilines is 1. The lowest BCUT2D eigenvalue weighted by Crippen LogP contribution is -1.91. The van der Waals surface area contributed by atoms with Crippen molar-refractivity contribution in [1.82, 2.24) is 10.1 Å². The van der Waals surface area contributed by atoms with Gasteiger partial charge in [0.15, 0.2) is 0 Å². The van der Waals surface area contributed by atoms with Gasteiger partial charge in [0.05, 0.1) is 5.69 Å². The van der Waals surface area contributed by atoms with Crippen LogP contribution in [0.3, 0.4) is 0 Å². The molecule has 4 nitrogen and oxygen atoms in total. The van der Waals surface area contributed by atoms with E-state index >= 15 is 0 Å². The molecule has 0 bridgehead atoms. The fourth-order valence-electron chi connectivity index (χ4n) is 1.26. The van der Waals surface area contributed by atoms with E-state index in [9.17, 15) is 0 Å². The van der Waals surface area contributed by atoms with Crippen LogP contribution >= 0.6 is 0 Å². The topological polar surface area (TPSA) is 64.9 Å². The number of hydrogen-bond donors (Lipinski definition) is 1. The highest BCUT2D eigenvalue weighted by molar-refractivity contribution is 5.24. The maximum absolute atomic E-state index is 5.41. The molecule has 0 saturated heterocycles. The van der Waals surface area contributed by atoms with Gasteiger partial charge in [-0.25, -0.2) is 0 Å². The number of aryl methyl sites for hydroxylation is 2. The first kappa shape index (κ1) is 8.74. The summed E-state index contributed by atoms with van der Waals surface area (Å²) in [5, 5.41) is 3.81. The quantitative estimate of drug-likeness (QED) is 0.793. The number of nitrogens with zero attached hydrogens (tertiary/aromatic N) is 2. The van der Waals surface area contributed by atoms with Gasteiger partial charge in [-0.2, -0.15) is 0 Å². The van der Waals surface area contributed by atoms with Gasteiger partial charge in [-0.05, 0) is 24.5 Å². The molecule has 0 aliphatic heterocycles. The minimum Gasteiger partial charge on any atom is -0.368 e. The Labute approximate surface area is 81.7 Å². The number of pyridine rings is 1. The predicted molar refractivity (Wildman–Crippen MR) is 52.6 cm³/mol. The van der Waals surface area contributed by atoms with Gasteiger partial charge in [0, 0.05) is 18.5 Å². The molecule has 2 aromatic rings. The predicted octanol–water partition coefficient (Wildman–Crippen LogP) is 1.44.